The van der Waals surface area contributed by atoms with Gasteiger partial charge in [-0.25, -0.2) is 12.8 Å². The molecule has 0 aliphatic carbocycles. The average Bonchev–Trinajstić information content (AvgIpc) is 3.07. The number of hydrogen-bond donors (Lipinski definition) is 0. The molecule has 0 spiro atoms. The van der Waals surface area contributed by atoms with E-state index >= 15 is 0 Å². The van der Waals surface area contributed by atoms with E-state index in [1.807, 2.05) is 18.2 Å². The van der Waals surface area contributed by atoms with Gasteiger partial charge in [-0.3, -0.25) is 4.31 Å². The lowest BCUT2D eigenvalue weighted by Crippen LogP contribution is -2.39. The second-order valence-corrected chi connectivity index (χ2v) is 8.15. The molecule has 0 saturated carbocycles. The van der Waals surface area contributed by atoms with Crippen molar-refractivity contribution in [1.29, 1.82) is 0 Å². The first kappa shape index (κ1) is 16.2. The molecule has 0 fully saturated rings. The molecule has 7 heteroatoms. The number of fused-ring (bicyclic) bond motifs is 2. The highest BCUT2D eigenvalue weighted by atomic mass is 32.2. The molecule has 2 aromatic rings. The van der Waals surface area contributed by atoms with Crippen molar-refractivity contribution >= 4 is 15.7 Å². The molecule has 0 bridgehead atoms. The van der Waals surface area contributed by atoms with Crippen molar-refractivity contribution in [2.24, 2.45) is 0 Å². The Hall–Kier alpha value is -2.28. The zero-order chi connectivity index (χ0) is 17.4. The molecule has 0 atom stereocenters. The van der Waals surface area contributed by atoms with Crippen molar-refractivity contribution in [3.8, 4) is 11.5 Å². The minimum Gasteiger partial charge on any atom is -0.493 e. The van der Waals surface area contributed by atoms with Gasteiger partial charge < -0.3 is 9.47 Å². The molecule has 0 unspecified atom stereocenters. The fraction of sp³-hybridized carbons (Fsp3) is 0.333. The summed E-state index contributed by atoms with van der Waals surface area (Å²) in [5.74, 6) is 0.697. The molecular formula is C18H18FNO4S. The highest BCUT2D eigenvalue weighted by Crippen LogP contribution is 2.34. The molecule has 0 amide bonds. The largest absolute Gasteiger partial charge is 0.493 e. The van der Waals surface area contributed by atoms with Crippen LogP contribution in [0.3, 0.4) is 0 Å². The number of hydrogen-bond acceptors (Lipinski definition) is 4. The highest BCUT2D eigenvalue weighted by Gasteiger charge is 2.28. The van der Waals surface area contributed by atoms with Gasteiger partial charge in [0.2, 0.25) is 10.0 Å². The summed E-state index contributed by atoms with van der Waals surface area (Å²) in [7, 11) is -3.52. The lowest BCUT2D eigenvalue weighted by molar-refractivity contribution is 0.314. The Kier molecular flexibility index (Phi) is 4.03. The molecule has 5 nitrogen and oxygen atoms in total. The first-order valence-electron chi connectivity index (χ1n) is 8.20. The van der Waals surface area contributed by atoms with Crippen LogP contribution < -0.4 is 13.8 Å². The van der Waals surface area contributed by atoms with Crippen LogP contribution >= 0.6 is 0 Å². The summed E-state index contributed by atoms with van der Waals surface area (Å²) in [6, 6.07) is 9.74. The Balaban J connectivity index is 1.53. The first-order chi connectivity index (χ1) is 12.0. The number of benzene rings is 2. The molecule has 2 aromatic carbocycles. The molecule has 2 aliphatic heterocycles. The monoisotopic (exact) mass is 363 g/mol. The van der Waals surface area contributed by atoms with Crippen LogP contribution in [0.15, 0.2) is 36.4 Å². The predicted molar refractivity (Wildman–Crippen MR) is 92.4 cm³/mol. The number of sulfonamides is 1. The van der Waals surface area contributed by atoms with E-state index in [9.17, 15) is 12.8 Å². The highest BCUT2D eigenvalue weighted by molar-refractivity contribution is 7.92. The van der Waals surface area contributed by atoms with Gasteiger partial charge in [-0.1, -0.05) is 12.1 Å². The van der Waals surface area contributed by atoms with E-state index in [4.69, 9.17) is 9.47 Å². The van der Waals surface area contributed by atoms with Crippen LogP contribution in [-0.2, 0) is 22.9 Å². The molecule has 25 heavy (non-hydrogen) atoms. The van der Waals surface area contributed by atoms with Crippen molar-refractivity contribution < 1.29 is 22.3 Å². The Labute approximate surface area is 146 Å². The van der Waals surface area contributed by atoms with Crippen molar-refractivity contribution in [2.75, 3.05) is 29.8 Å². The first-order valence-corrected chi connectivity index (χ1v) is 9.81. The average molecular weight is 363 g/mol. The minimum absolute atomic E-state index is 0.0105. The van der Waals surface area contributed by atoms with Gasteiger partial charge in [-0.2, -0.15) is 0 Å². The molecule has 132 valence electrons. The van der Waals surface area contributed by atoms with Crippen LogP contribution in [0, 0.1) is 5.82 Å². The van der Waals surface area contributed by atoms with Crippen LogP contribution in [0.4, 0.5) is 10.1 Å². The van der Waals surface area contributed by atoms with Crippen molar-refractivity contribution in [1.82, 2.24) is 0 Å². The number of nitrogens with zero attached hydrogens (tertiary/aromatic N) is 1. The molecular weight excluding hydrogens is 345 g/mol. The number of aryl methyl sites for hydroxylation is 1. The van der Waals surface area contributed by atoms with Gasteiger partial charge >= 0.3 is 0 Å². The van der Waals surface area contributed by atoms with Crippen LogP contribution in [0.1, 0.15) is 11.1 Å². The summed E-state index contributed by atoms with van der Waals surface area (Å²) >= 11 is 0. The number of anilines is 1. The van der Waals surface area contributed by atoms with E-state index in [0.29, 0.717) is 18.7 Å². The van der Waals surface area contributed by atoms with Crippen molar-refractivity contribution in [2.45, 2.75) is 12.8 Å². The molecule has 2 heterocycles. The van der Waals surface area contributed by atoms with E-state index in [0.717, 1.165) is 23.3 Å². The quantitative estimate of drug-likeness (QED) is 0.838. The Morgan fingerprint density at radius 1 is 1.04 bits per heavy atom. The second-order valence-electron chi connectivity index (χ2n) is 6.14. The van der Waals surface area contributed by atoms with Gasteiger partial charge in [0.05, 0.1) is 24.6 Å². The lowest BCUT2D eigenvalue weighted by Gasteiger charge is -2.30. The van der Waals surface area contributed by atoms with Crippen molar-refractivity contribution in [3.63, 3.8) is 0 Å². The molecule has 2 aliphatic rings. The summed E-state index contributed by atoms with van der Waals surface area (Å²) in [6.07, 6.45) is 1.28. The maximum Gasteiger partial charge on any atom is 0.235 e. The molecule has 0 radical (unpaired) electrons. The van der Waals surface area contributed by atoms with Gasteiger partial charge in [-0.15, -0.1) is 0 Å². The van der Waals surface area contributed by atoms with Crippen LogP contribution in [-0.4, -0.2) is 33.9 Å². The summed E-state index contributed by atoms with van der Waals surface area (Å²) in [5.41, 5.74) is 2.50. The Bertz CT molecular complexity index is 913. The lowest BCUT2D eigenvalue weighted by atomic mass is 10.1. The van der Waals surface area contributed by atoms with E-state index in [1.165, 1.54) is 22.5 Å². The molecule has 4 rings (SSSR count). The van der Waals surface area contributed by atoms with Gasteiger partial charge in [0.1, 0.15) is 23.9 Å². The fourth-order valence-electron chi connectivity index (χ4n) is 3.21. The molecule has 0 saturated heterocycles. The smallest absolute Gasteiger partial charge is 0.235 e. The third-order valence-corrected chi connectivity index (χ3v) is 6.25. The normalized spacial score (nSPS) is 16.0. The number of ether oxygens (including phenoxy) is 2. The predicted octanol–water partition coefficient (Wildman–Crippen LogP) is 2.53. The van der Waals surface area contributed by atoms with Gasteiger partial charge in [0.15, 0.2) is 0 Å². The van der Waals surface area contributed by atoms with E-state index in [-0.39, 0.29) is 24.7 Å². The van der Waals surface area contributed by atoms with Gasteiger partial charge in [0, 0.05) is 12.5 Å². The van der Waals surface area contributed by atoms with E-state index in [2.05, 4.69) is 0 Å². The van der Waals surface area contributed by atoms with Gasteiger partial charge in [-0.05, 0) is 35.7 Å². The van der Waals surface area contributed by atoms with Gasteiger partial charge in [0.25, 0.3) is 0 Å². The maximum absolute atomic E-state index is 13.3. The molecule has 0 aromatic heterocycles. The third kappa shape index (κ3) is 3.16. The zero-order valence-electron chi connectivity index (χ0n) is 13.6. The topological polar surface area (TPSA) is 55.8 Å². The maximum atomic E-state index is 13.3. The second kappa shape index (κ2) is 6.22. The van der Waals surface area contributed by atoms with Crippen LogP contribution in [0.5, 0.6) is 11.5 Å². The van der Waals surface area contributed by atoms with E-state index in [1.54, 1.807) is 0 Å². The van der Waals surface area contributed by atoms with Crippen LogP contribution in [0.2, 0.25) is 0 Å². The fourth-order valence-corrected chi connectivity index (χ4v) is 4.73. The van der Waals surface area contributed by atoms with E-state index < -0.39 is 15.8 Å². The Morgan fingerprint density at radius 2 is 1.88 bits per heavy atom. The summed E-state index contributed by atoms with van der Waals surface area (Å²) < 4.78 is 51.1. The summed E-state index contributed by atoms with van der Waals surface area (Å²) in [4.78, 5) is 0. The Morgan fingerprint density at radius 3 is 2.76 bits per heavy atom. The zero-order valence-corrected chi connectivity index (χ0v) is 14.4. The third-order valence-electron chi connectivity index (χ3n) is 4.48. The number of rotatable bonds is 4. The molecule has 0 N–H and O–H groups in total. The SMILES string of the molecule is O=S(=O)(CCc1ccc2c(c1)CCO2)N1CCOc2cc(F)ccc21. The standard InChI is InChI=1S/C18H18FNO4S/c19-15-2-3-16-18(12-15)24-9-7-20(16)25(21,22)10-6-13-1-4-17-14(11-13)5-8-23-17/h1-4,11-12H,5-10H2. The van der Waals surface area contributed by atoms with Crippen molar-refractivity contribution in [3.05, 3.63) is 53.3 Å². The summed E-state index contributed by atoms with van der Waals surface area (Å²) in [5, 5.41) is 0. The van der Waals surface area contributed by atoms with Crippen LogP contribution in [0.25, 0.3) is 0 Å². The minimum atomic E-state index is -3.52. The summed E-state index contributed by atoms with van der Waals surface area (Å²) in [6.45, 7) is 1.13. The number of halogens is 1.